The van der Waals surface area contributed by atoms with Crippen molar-refractivity contribution in [3.05, 3.63) is 35.4 Å². The van der Waals surface area contributed by atoms with Gasteiger partial charge >= 0.3 is 0 Å². The molecule has 2 aliphatic heterocycles. The normalized spacial score (nSPS) is 23.6. The van der Waals surface area contributed by atoms with Crippen LogP contribution in [0.2, 0.25) is 0 Å². The van der Waals surface area contributed by atoms with E-state index in [0.29, 0.717) is 12.5 Å². The minimum absolute atomic E-state index is 0.107. The lowest BCUT2D eigenvalue weighted by molar-refractivity contribution is -0.162. The molecule has 1 N–H and O–H groups in total. The smallest absolute Gasteiger partial charge is 0.246 e. The Morgan fingerprint density at radius 1 is 0.971 bits per heavy atom. The second kappa shape index (κ2) is 12.4. The van der Waals surface area contributed by atoms with Crippen molar-refractivity contribution in [2.24, 2.45) is 5.92 Å². The van der Waals surface area contributed by atoms with Crippen molar-refractivity contribution in [3.63, 3.8) is 0 Å². The highest BCUT2D eigenvalue weighted by molar-refractivity contribution is 6.00. The van der Waals surface area contributed by atoms with Crippen molar-refractivity contribution in [2.75, 3.05) is 19.6 Å². The highest BCUT2D eigenvalue weighted by atomic mass is 16.2. The van der Waals surface area contributed by atoms with E-state index in [2.05, 4.69) is 48.3 Å². The zero-order valence-corrected chi connectivity index (χ0v) is 22.2. The third-order valence-electron chi connectivity index (χ3n) is 8.74. The molecule has 2 amide bonds. The Balaban J connectivity index is 1.41. The highest BCUT2D eigenvalue weighted by Gasteiger charge is 2.53. The Hall–Kier alpha value is -1.88. The van der Waals surface area contributed by atoms with E-state index in [0.717, 1.165) is 58.2 Å². The minimum Gasteiger partial charge on any atom is -0.342 e. The first-order valence-electron chi connectivity index (χ1n) is 14.5. The molecule has 3 fully saturated rings. The van der Waals surface area contributed by atoms with Gasteiger partial charge < -0.3 is 10.2 Å². The number of rotatable bonds is 10. The molecule has 1 aromatic rings. The number of amides is 2. The first kappa shape index (κ1) is 26.2. The van der Waals surface area contributed by atoms with E-state index in [1.54, 1.807) is 0 Å². The second-order valence-electron chi connectivity index (χ2n) is 11.3. The summed E-state index contributed by atoms with van der Waals surface area (Å²) in [6.07, 6.45) is 14.1. The molecule has 1 aromatic carbocycles. The van der Waals surface area contributed by atoms with Crippen molar-refractivity contribution in [2.45, 2.75) is 115 Å². The van der Waals surface area contributed by atoms with Gasteiger partial charge in [0, 0.05) is 26.2 Å². The Labute approximate surface area is 213 Å². The van der Waals surface area contributed by atoms with Crippen LogP contribution in [0.25, 0.3) is 0 Å². The van der Waals surface area contributed by atoms with E-state index in [1.165, 1.54) is 56.1 Å². The molecule has 1 spiro atoms. The number of nitrogens with zero attached hydrogens (tertiary/aromatic N) is 2. The average molecular weight is 482 g/mol. The summed E-state index contributed by atoms with van der Waals surface area (Å²) in [5, 5.41) is 3.22. The number of piperidine rings is 1. The van der Waals surface area contributed by atoms with E-state index in [1.807, 2.05) is 4.90 Å². The van der Waals surface area contributed by atoms with Crippen molar-refractivity contribution >= 4 is 11.8 Å². The number of benzene rings is 1. The van der Waals surface area contributed by atoms with Gasteiger partial charge in [-0.15, -0.1) is 0 Å². The van der Waals surface area contributed by atoms with Crippen molar-refractivity contribution in [1.29, 1.82) is 0 Å². The Morgan fingerprint density at radius 2 is 1.69 bits per heavy atom. The summed E-state index contributed by atoms with van der Waals surface area (Å²) in [5.41, 5.74) is 2.12. The molecule has 35 heavy (non-hydrogen) atoms. The Bertz CT molecular complexity index is 840. The van der Waals surface area contributed by atoms with Crippen LogP contribution in [0.1, 0.15) is 102 Å². The minimum atomic E-state index is -0.658. The number of hydrogen-bond donors (Lipinski definition) is 1. The summed E-state index contributed by atoms with van der Waals surface area (Å²) >= 11 is 0. The molecular formula is C30H47N3O2. The number of nitrogens with one attached hydrogen (secondary N) is 1. The van der Waals surface area contributed by atoms with Crippen LogP contribution in [0.4, 0.5) is 0 Å². The van der Waals surface area contributed by atoms with Crippen molar-refractivity contribution in [3.8, 4) is 0 Å². The molecule has 2 saturated heterocycles. The fourth-order valence-electron chi connectivity index (χ4n) is 6.53. The van der Waals surface area contributed by atoms with Crippen LogP contribution in [-0.4, -0.2) is 52.8 Å². The molecule has 1 unspecified atom stereocenters. The maximum absolute atomic E-state index is 13.7. The van der Waals surface area contributed by atoms with Gasteiger partial charge in [0.2, 0.25) is 11.8 Å². The molecule has 1 saturated carbocycles. The molecule has 2 heterocycles. The highest BCUT2D eigenvalue weighted by Crippen LogP contribution is 2.36. The molecule has 0 bridgehead atoms. The maximum Gasteiger partial charge on any atom is 0.246 e. The zero-order chi connectivity index (χ0) is 24.7. The molecule has 5 heteroatoms. The predicted octanol–water partition coefficient (Wildman–Crippen LogP) is 5.46. The molecule has 3 aliphatic rings. The number of carbonyl (C=O) groups excluding carboxylic acids is 2. The Morgan fingerprint density at radius 3 is 2.40 bits per heavy atom. The number of likely N-dealkylation sites (tertiary alicyclic amines) is 1. The summed E-state index contributed by atoms with van der Waals surface area (Å²) in [6.45, 7) is 7.75. The van der Waals surface area contributed by atoms with Crippen LogP contribution in [0, 0.1) is 5.92 Å². The predicted molar refractivity (Wildman–Crippen MR) is 142 cm³/mol. The fraction of sp³-hybridized carbons (Fsp3) is 0.733. The number of carbonyl (C=O) groups is 2. The lowest BCUT2D eigenvalue weighted by atomic mass is 9.79. The summed E-state index contributed by atoms with van der Waals surface area (Å²) in [7, 11) is 0. The van der Waals surface area contributed by atoms with Crippen LogP contribution in [-0.2, 0) is 22.6 Å². The number of hydrogen-bond acceptors (Lipinski definition) is 3. The monoisotopic (exact) mass is 481 g/mol. The number of unbranched alkanes of at least 4 members (excludes halogenated alkanes) is 2. The molecule has 1 aliphatic carbocycles. The molecule has 5 nitrogen and oxygen atoms in total. The van der Waals surface area contributed by atoms with Gasteiger partial charge in [0.25, 0.3) is 0 Å². The third kappa shape index (κ3) is 6.28. The maximum atomic E-state index is 13.7. The van der Waals surface area contributed by atoms with Crippen molar-refractivity contribution < 1.29 is 9.59 Å². The number of piperazine rings is 1. The largest absolute Gasteiger partial charge is 0.342 e. The van der Waals surface area contributed by atoms with Gasteiger partial charge in [0.05, 0.1) is 0 Å². The van der Waals surface area contributed by atoms with Gasteiger partial charge in [-0.2, -0.15) is 0 Å². The lowest BCUT2D eigenvalue weighted by Gasteiger charge is -2.52. The SMILES string of the molecule is CCCCc1cccc(CN2CCC3(CC2)C(=O)NC(CC2CCCCC2)C(=O)N3CCCC)c1. The van der Waals surface area contributed by atoms with E-state index >= 15 is 0 Å². The fourth-order valence-corrected chi connectivity index (χ4v) is 6.53. The van der Waals surface area contributed by atoms with Gasteiger partial charge in [0.1, 0.15) is 11.6 Å². The number of aryl methyl sites for hydroxylation is 1. The molecule has 0 radical (unpaired) electrons. The van der Waals surface area contributed by atoms with Crippen molar-refractivity contribution in [1.82, 2.24) is 15.1 Å². The summed E-state index contributed by atoms with van der Waals surface area (Å²) < 4.78 is 0. The lowest BCUT2D eigenvalue weighted by Crippen LogP contribution is -2.73. The van der Waals surface area contributed by atoms with E-state index < -0.39 is 5.54 Å². The van der Waals surface area contributed by atoms with Gasteiger partial charge in [-0.1, -0.05) is 83.1 Å². The zero-order valence-electron chi connectivity index (χ0n) is 22.2. The average Bonchev–Trinajstić information content (AvgIpc) is 2.88. The van der Waals surface area contributed by atoms with Gasteiger partial charge in [-0.05, 0) is 55.6 Å². The van der Waals surface area contributed by atoms with Gasteiger partial charge in [0.15, 0.2) is 0 Å². The third-order valence-corrected chi connectivity index (χ3v) is 8.74. The van der Waals surface area contributed by atoms with E-state index in [-0.39, 0.29) is 17.9 Å². The molecular weight excluding hydrogens is 434 g/mol. The molecule has 194 valence electrons. The first-order chi connectivity index (χ1) is 17.1. The molecule has 1 atom stereocenters. The van der Waals surface area contributed by atoms with E-state index in [9.17, 15) is 9.59 Å². The summed E-state index contributed by atoms with van der Waals surface area (Å²) in [4.78, 5) is 31.8. The standard InChI is InChI=1S/C30H47N3O2/c1-3-5-11-24-14-10-15-26(21-24)23-32-19-16-30(17-20-32)29(35)31-27(22-25-12-8-7-9-13-25)28(34)33(30)18-6-4-2/h10,14-15,21,25,27H,3-9,11-13,16-20,22-23H2,1-2H3,(H,31,35). The summed E-state index contributed by atoms with van der Waals surface area (Å²) in [6, 6.07) is 8.66. The van der Waals surface area contributed by atoms with Gasteiger partial charge in [-0.25, -0.2) is 0 Å². The first-order valence-corrected chi connectivity index (χ1v) is 14.5. The van der Waals surface area contributed by atoms with Crippen LogP contribution < -0.4 is 5.32 Å². The second-order valence-corrected chi connectivity index (χ2v) is 11.3. The van der Waals surface area contributed by atoms with Crippen LogP contribution >= 0.6 is 0 Å². The topological polar surface area (TPSA) is 52.7 Å². The molecule has 0 aromatic heterocycles. The van der Waals surface area contributed by atoms with Crippen LogP contribution in [0.15, 0.2) is 24.3 Å². The van der Waals surface area contributed by atoms with Crippen LogP contribution in [0.5, 0.6) is 0 Å². The Kier molecular flexibility index (Phi) is 9.27. The van der Waals surface area contributed by atoms with E-state index in [4.69, 9.17) is 0 Å². The molecule has 4 rings (SSSR count). The summed E-state index contributed by atoms with van der Waals surface area (Å²) in [5.74, 6) is 0.867. The quantitative estimate of drug-likeness (QED) is 0.483. The van der Waals surface area contributed by atoms with Crippen LogP contribution in [0.3, 0.4) is 0 Å². The van der Waals surface area contributed by atoms with Gasteiger partial charge in [-0.3, -0.25) is 14.5 Å².